The Kier molecular flexibility index (Phi) is 4.76. The lowest BCUT2D eigenvalue weighted by Crippen LogP contribution is -2.41. The Balaban J connectivity index is 1.37. The van der Waals surface area contributed by atoms with Crippen LogP contribution in [0.1, 0.15) is 46.6 Å². The van der Waals surface area contributed by atoms with Crippen molar-refractivity contribution in [1.29, 1.82) is 0 Å². The molecule has 170 valence electrons. The lowest BCUT2D eigenvalue weighted by molar-refractivity contribution is -0.139. The number of carbonyl (C=O) groups is 2. The third-order valence-electron chi connectivity index (χ3n) is 7.24. The van der Waals surface area contributed by atoms with Gasteiger partial charge in [0.2, 0.25) is 0 Å². The van der Waals surface area contributed by atoms with Crippen LogP contribution in [0.5, 0.6) is 11.5 Å². The number of nitrogens with zero attached hydrogens (tertiary/aromatic N) is 2. The number of benzene rings is 3. The van der Waals surface area contributed by atoms with Gasteiger partial charge >= 0.3 is 0 Å². The van der Waals surface area contributed by atoms with Crippen LogP contribution in [0.3, 0.4) is 0 Å². The SMILES string of the molecule is CCOc1ccc(/C=N\N2C(=O)[C@@H]3C4c5ccccc5C(c5ccccc54)[C@H]3C2=O)cc1OC. The van der Waals surface area contributed by atoms with Gasteiger partial charge < -0.3 is 9.47 Å². The van der Waals surface area contributed by atoms with Crippen molar-refractivity contribution in [3.8, 4) is 11.5 Å². The maximum atomic E-state index is 13.6. The van der Waals surface area contributed by atoms with Crippen LogP contribution in [-0.4, -0.2) is 36.8 Å². The van der Waals surface area contributed by atoms with Gasteiger partial charge in [0, 0.05) is 11.8 Å². The van der Waals surface area contributed by atoms with Crippen LogP contribution in [0.2, 0.25) is 0 Å². The van der Waals surface area contributed by atoms with Gasteiger partial charge in [-0.3, -0.25) is 9.59 Å². The molecule has 0 N–H and O–H groups in total. The van der Waals surface area contributed by atoms with Crippen LogP contribution in [0.25, 0.3) is 0 Å². The minimum atomic E-state index is -0.436. The second-order valence-corrected chi connectivity index (χ2v) is 8.84. The highest BCUT2D eigenvalue weighted by molar-refractivity contribution is 6.08. The van der Waals surface area contributed by atoms with Gasteiger partial charge in [0.25, 0.3) is 11.8 Å². The van der Waals surface area contributed by atoms with E-state index in [-0.39, 0.29) is 23.7 Å². The molecule has 2 bridgehead atoms. The Morgan fingerprint density at radius 3 is 1.82 bits per heavy atom. The van der Waals surface area contributed by atoms with E-state index >= 15 is 0 Å². The van der Waals surface area contributed by atoms with Crippen LogP contribution >= 0.6 is 0 Å². The first-order valence-electron chi connectivity index (χ1n) is 11.5. The number of amides is 2. The van der Waals surface area contributed by atoms with E-state index in [0.29, 0.717) is 23.7 Å². The molecule has 7 rings (SSSR count). The number of hydrogen-bond acceptors (Lipinski definition) is 5. The van der Waals surface area contributed by atoms with Crippen molar-refractivity contribution in [3.63, 3.8) is 0 Å². The zero-order valence-electron chi connectivity index (χ0n) is 19.0. The Morgan fingerprint density at radius 2 is 1.35 bits per heavy atom. The van der Waals surface area contributed by atoms with Crippen molar-refractivity contribution in [2.24, 2.45) is 16.9 Å². The monoisotopic (exact) mass is 452 g/mol. The normalized spacial score (nSPS) is 24.2. The molecule has 1 saturated heterocycles. The predicted octanol–water partition coefficient (Wildman–Crippen LogP) is 4.32. The number of rotatable bonds is 5. The molecular formula is C28H24N2O4. The summed E-state index contributed by atoms with van der Waals surface area (Å²) in [7, 11) is 1.57. The van der Waals surface area contributed by atoms with Gasteiger partial charge in [-0.25, -0.2) is 0 Å². The van der Waals surface area contributed by atoms with Gasteiger partial charge in [-0.15, -0.1) is 0 Å². The van der Waals surface area contributed by atoms with Crippen LogP contribution in [0.4, 0.5) is 0 Å². The fourth-order valence-electron chi connectivity index (χ4n) is 5.94. The van der Waals surface area contributed by atoms with E-state index in [0.717, 1.165) is 27.3 Å². The minimum Gasteiger partial charge on any atom is -0.493 e. The van der Waals surface area contributed by atoms with E-state index < -0.39 is 11.8 Å². The molecule has 34 heavy (non-hydrogen) atoms. The molecule has 0 radical (unpaired) electrons. The summed E-state index contributed by atoms with van der Waals surface area (Å²) in [5.74, 6) is -0.403. The molecule has 4 aliphatic rings. The number of hydrazone groups is 1. The Bertz CT molecular complexity index is 1230. The lowest BCUT2D eigenvalue weighted by Gasteiger charge is -2.45. The molecule has 0 spiro atoms. The third-order valence-corrected chi connectivity index (χ3v) is 7.24. The highest BCUT2D eigenvalue weighted by atomic mass is 16.5. The van der Waals surface area contributed by atoms with Crippen LogP contribution in [0, 0.1) is 11.8 Å². The molecule has 6 heteroatoms. The van der Waals surface area contributed by atoms with E-state index in [2.05, 4.69) is 29.4 Å². The summed E-state index contributed by atoms with van der Waals surface area (Å²) < 4.78 is 11.0. The van der Waals surface area contributed by atoms with Crippen LogP contribution in [-0.2, 0) is 9.59 Å². The summed E-state index contributed by atoms with van der Waals surface area (Å²) in [5, 5.41) is 5.45. The summed E-state index contributed by atoms with van der Waals surface area (Å²) in [6.45, 7) is 2.43. The quantitative estimate of drug-likeness (QED) is 0.427. The maximum absolute atomic E-state index is 13.6. The number of ether oxygens (including phenoxy) is 2. The fourth-order valence-corrected chi connectivity index (χ4v) is 5.94. The average molecular weight is 453 g/mol. The first-order chi connectivity index (χ1) is 16.6. The van der Waals surface area contributed by atoms with E-state index in [1.807, 2.05) is 37.3 Å². The van der Waals surface area contributed by atoms with Crippen molar-refractivity contribution in [1.82, 2.24) is 5.01 Å². The van der Waals surface area contributed by atoms with Crippen molar-refractivity contribution in [2.75, 3.05) is 13.7 Å². The van der Waals surface area contributed by atoms with Crippen LogP contribution in [0.15, 0.2) is 71.8 Å². The summed E-state index contributed by atoms with van der Waals surface area (Å²) in [6.07, 6.45) is 1.54. The molecule has 1 fully saturated rings. The number of imide groups is 1. The standard InChI is InChI=1S/C28H24N2O4/c1-3-34-21-13-12-16(14-22(21)33-2)15-29-30-27(31)25-23-17-8-4-5-9-18(17)24(26(25)28(30)32)20-11-7-6-10-19(20)23/h4-15,23-26H,3H2,1-2H3/b29-15-/t23?,24?,25-,26-/m1/s1. The van der Waals surface area contributed by atoms with E-state index in [1.165, 1.54) is 6.21 Å². The van der Waals surface area contributed by atoms with E-state index in [4.69, 9.17) is 9.47 Å². The predicted molar refractivity (Wildman–Crippen MR) is 127 cm³/mol. The van der Waals surface area contributed by atoms with E-state index in [1.54, 1.807) is 19.2 Å². The Morgan fingerprint density at radius 1 is 0.824 bits per heavy atom. The summed E-state index contributed by atoms with van der Waals surface area (Å²) in [5.41, 5.74) is 5.31. The van der Waals surface area contributed by atoms with Crippen molar-refractivity contribution in [3.05, 3.63) is 94.5 Å². The molecule has 1 heterocycles. The fraction of sp³-hybridized carbons (Fsp3) is 0.250. The number of methoxy groups -OCH3 is 1. The minimum absolute atomic E-state index is 0.135. The second kappa shape index (κ2) is 7.83. The Hall–Kier alpha value is -3.93. The second-order valence-electron chi connectivity index (χ2n) is 8.84. The molecule has 2 atom stereocenters. The summed E-state index contributed by atoms with van der Waals surface area (Å²) in [4.78, 5) is 27.2. The molecule has 6 nitrogen and oxygen atoms in total. The smallest absolute Gasteiger partial charge is 0.254 e. The van der Waals surface area contributed by atoms with Gasteiger partial charge in [-0.05, 0) is 52.9 Å². The number of carbonyl (C=O) groups excluding carboxylic acids is 2. The van der Waals surface area contributed by atoms with Crippen molar-refractivity contribution in [2.45, 2.75) is 18.8 Å². The molecule has 0 saturated carbocycles. The van der Waals surface area contributed by atoms with Crippen molar-refractivity contribution < 1.29 is 19.1 Å². The van der Waals surface area contributed by atoms with Gasteiger partial charge in [-0.1, -0.05) is 48.5 Å². The van der Waals surface area contributed by atoms with Crippen LogP contribution < -0.4 is 9.47 Å². The molecular weight excluding hydrogens is 428 g/mol. The third kappa shape index (κ3) is 2.84. The topological polar surface area (TPSA) is 68.2 Å². The van der Waals surface area contributed by atoms with Gasteiger partial charge in [-0.2, -0.15) is 10.1 Å². The number of hydrogen-bond donors (Lipinski definition) is 0. The van der Waals surface area contributed by atoms with Gasteiger partial charge in [0.05, 0.1) is 31.8 Å². The maximum Gasteiger partial charge on any atom is 0.254 e. The lowest BCUT2D eigenvalue weighted by atomic mass is 9.55. The largest absolute Gasteiger partial charge is 0.493 e. The zero-order valence-corrected chi connectivity index (χ0v) is 19.0. The molecule has 3 aromatic rings. The molecule has 0 unspecified atom stereocenters. The summed E-state index contributed by atoms with van der Waals surface area (Å²) >= 11 is 0. The van der Waals surface area contributed by atoms with Crippen molar-refractivity contribution >= 4 is 18.0 Å². The van der Waals surface area contributed by atoms with Gasteiger partial charge in [0.1, 0.15) is 0 Å². The Labute approximate surface area is 197 Å². The molecule has 3 aromatic carbocycles. The summed E-state index contributed by atoms with van der Waals surface area (Å²) in [6, 6.07) is 21.8. The molecule has 0 aromatic heterocycles. The van der Waals surface area contributed by atoms with Gasteiger partial charge in [0.15, 0.2) is 11.5 Å². The molecule has 2 amide bonds. The average Bonchev–Trinajstić information content (AvgIpc) is 3.13. The highest BCUT2D eigenvalue weighted by Gasteiger charge is 2.61. The zero-order chi connectivity index (χ0) is 23.4. The first-order valence-corrected chi connectivity index (χ1v) is 11.5. The molecule has 3 aliphatic carbocycles. The highest BCUT2D eigenvalue weighted by Crippen LogP contribution is 2.60. The van der Waals surface area contributed by atoms with E-state index in [9.17, 15) is 9.59 Å². The molecule has 1 aliphatic heterocycles. The first kappa shape index (κ1) is 20.7.